The second-order valence-electron chi connectivity index (χ2n) is 2.89. The summed E-state index contributed by atoms with van der Waals surface area (Å²) in [7, 11) is 0. The van der Waals surface area contributed by atoms with Crippen LogP contribution in [0.25, 0.3) is 0 Å². The molecule has 5 heteroatoms. The van der Waals surface area contributed by atoms with Crippen LogP contribution in [0.4, 0.5) is 10.5 Å². The highest BCUT2D eigenvalue weighted by atomic mass is 79.9. The number of cyclic esters (lactones) is 1. The lowest BCUT2D eigenvalue weighted by atomic mass is 10.3. The van der Waals surface area contributed by atoms with Crippen molar-refractivity contribution >= 4 is 39.3 Å². The van der Waals surface area contributed by atoms with Crippen LogP contribution < -0.4 is 4.90 Å². The van der Waals surface area contributed by atoms with E-state index in [-0.39, 0.29) is 6.09 Å². The van der Waals surface area contributed by atoms with Gasteiger partial charge in [-0.2, -0.15) is 0 Å². The van der Waals surface area contributed by atoms with Crippen LogP contribution in [0.2, 0.25) is 5.02 Å². The molecule has 0 spiro atoms. The lowest BCUT2D eigenvalue weighted by Crippen LogP contribution is -2.23. The largest absolute Gasteiger partial charge is 0.447 e. The topological polar surface area (TPSA) is 29.5 Å². The number of carbonyl (C=O) groups is 1. The molecule has 1 fully saturated rings. The first-order chi connectivity index (χ1) is 6.66. The highest BCUT2D eigenvalue weighted by Crippen LogP contribution is 2.27. The maximum absolute atomic E-state index is 11.2. The SMILES string of the molecule is O=C1OCCN1c1cc(Cl)cc(Br)c1. The van der Waals surface area contributed by atoms with Crippen molar-refractivity contribution in [1.82, 2.24) is 0 Å². The Labute approximate surface area is 94.7 Å². The first-order valence-corrected chi connectivity index (χ1v) is 5.24. The van der Waals surface area contributed by atoms with Crippen molar-refractivity contribution in [2.24, 2.45) is 0 Å². The molecule has 0 radical (unpaired) electrons. The van der Waals surface area contributed by atoms with E-state index in [9.17, 15) is 4.79 Å². The summed E-state index contributed by atoms with van der Waals surface area (Å²) in [6.07, 6.45) is -0.320. The summed E-state index contributed by atoms with van der Waals surface area (Å²) in [4.78, 5) is 12.8. The van der Waals surface area contributed by atoms with Crippen molar-refractivity contribution in [2.75, 3.05) is 18.1 Å². The van der Waals surface area contributed by atoms with Crippen molar-refractivity contribution in [2.45, 2.75) is 0 Å². The normalized spacial score (nSPS) is 15.9. The molecule has 2 rings (SSSR count). The minimum atomic E-state index is -0.320. The first-order valence-electron chi connectivity index (χ1n) is 4.07. The summed E-state index contributed by atoms with van der Waals surface area (Å²) < 4.78 is 5.68. The Morgan fingerprint density at radius 2 is 2.21 bits per heavy atom. The van der Waals surface area contributed by atoms with Crippen LogP contribution in [-0.4, -0.2) is 19.2 Å². The molecule has 0 aliphatic carbocycles. The van der Waals surface area contributed by atoms with Gasteiger partial charge in [-0.05, 0) is 18.2 Å². The number of hydrogen-bond acceptors (Lipinski definition) is 2. The zero-order valence-electron chi connectivity index (χ0n) is 7.17. The van der Waals surface area contributed by atoms with E-state index in [1.807, 2.05) is 6.07 Å². The predicted molar refractivity (Wildman–Crippen MR) is 57.8 cm³/mol. The number of nitrogens with zero attached hydrogens (tertiary/aromatic N) is 1. The van der Waals surface area contributed by atoms with Crippen LogP contribution in [-0.2, 0) is 4.74 Å². The van der Waals surface area contributed by atoms with Crippen LogP contribution in [0.1, 0.15) is 0 Å². The van der Waals surface area contributed by atoms with E-state index in [2.05, 4.69) is 15.9 Å². The van der Waals surface area contributed by atoms with Crippen molar-refractivity contribution in [1.29, 1.82) is 0 Å². The lowest BCUT2D eigenvalue weighted by molar-refractivity contribution is 0.181. The molecule has 1 heterocycles. The van der Waals surface area contributed by atoms with Gasteiger partial charge in [0.15, 0.2) is 0 Å². The summed E-state index contributed by atoms with van der Waals surface area (Å²) in [5.41, 5.74) is 0.756. The van der Waals surface area contributed by atoms with Gasteiger partial charge < -0.3 is 4.74 Å². The molecule has 0 N–H and O–H groups in total. The zero-order valence-corrected chi connectivity index (χ0v) is 9.51. The average molecular weight is 277 g/mol. The molecule has 1 saturated heterocycles. The molecule has 0 aromatic heterocycles. The first kappa shape index (κ1) is 9.80. The molecule has 1 aliphatic heterocycles. The fraction of sp³-hybridized carbons (Fsp3) is 0.222. The number of anilines is 1. The molecule has 0 saturated carbocycles. The minimum absolute atomic E-state index is 0.320. The van der Waals surface area contributed by atoms with Crippen molar-refractivity contribution in [3.05, 3.63) is 27.7 Å². The molecule has 74 valence electrons. The molecule has 1 aromatic rings. The number of carbonyl (C=O) groups excluding carboxylic acids is 1. The van der Waals surface area contributed by atoms with E-state index in [1.165, 1.54) is 0 Å². The van der Waals surface area contributed by atoms with Crippen LogP contribution in [0.3, 0.4) is 0 Å². The average Bonchev–Trinajstić information content (AvgIpc) is 2.49. The number of benzene rings is 1. The van der Waals surface area contributed by atoms with E-state index < -0.39 is 0 Å². The number of ether oxygens (including phenoxy) is 1. The predicted octanol–water partition coefficient (Wildman–Crippen LogP) is 3.06. The third-order valence-electron chi connectivity index (χ3n) is 1.92. The van der Waals surface area contributed by atoms with E-state index in [0.29, 0.717) is 18.2 Å². The molecule has 1 amide bonds. The van der Waals surface area contributed by atoms with Crippen LogP contribution >= 0.6 is 27.5 Å². The third-order valence-corrected chi connectivity index (χ3v) is 2.60. The van der Waals surface area contributed by atoms with E-state index in [1.54, 1.807) is 17.0 Å². The van der Waals surface area contributed by atoms with Crippen LogP contribution in [0.5, 0.6) is 0 Å². The maximum atomic E-state index is 11.2. The molecule has 0 unspecified atom stereocenters. The molecule has 14 heavy (non-hydrogen) atoms. The Morgan fingerprint density at radius 3 is 2.79 bits per heavy atom. The molecular formula is C9H7BrClNO2. The summed E-state index contributed by atoms with van der Waals surface area (Å²) in [6, 6.07) is 5.34. The Balaban J connectivity index is 2.35. The molecule has 0 bridgehead atoms. The number of hydrogen-bond donors (Lipinski definition) is 0. The van der Waals surface area contributed by atoms with Gasteiger partial charge in [0.25, 0.3) is 0 Å². The zero-order chi connectivity index (χ0) is 10.1. The summed E-state index contributed by atoms with van der Waals surface area (Å²) in [5, 5.41) is 0.592. The summed E-state index contributed by atoms with van der Waals surface area (Å²) in [6.45, 7) is 1.01. The minimum Gasteiger partial charge on any atom is -0.447 e. The standard InChI is InChI=1S/C9H7BrClNO2/c10-6-3-7(11)5-8(4-6)12-1-2-14-9(12)13/h3-5H,1-2H2. The maximum Gasteiger partial charge on any atom is 0.414 e. The Bertz CT molecular complexity index is 363. The molecule has 0 atom stereocenters. The Hall–Kier alpha value is -0.740. The van der Waals surface area contributed by atoms with E-state index in [4.69, 9.17) is 16.3 Å². The highest BCUT2D eigenvalue weighted by molar-refractivity contribution is 9.10. The Morgan fingerprint density at radius 1 is 1.43 bits per heavy atom. The lowest BCUT2D eigenvalue weighted by Gasteiger charge is -2.13. The highest BCUT2D eigenvalue weighted by Gasteiger charge is 2.23. The van der Waals surface area contributed by atoms with Gasteiger partial charge in [0.05, 0.1) is 6.54 Å². The number of rotatable bonds is 1. The van der Waals surface area contributed by atoms with Crippen LogP contribution in [0.15, 0.2) is 22.7 Å². The van der Waals surface area contributed by atoms with Gasteiger partial charge in [0.1, 0.15) is 6.61 Å². The van der Waals surface area contributed by atoms with Crippen molar-refractivity contribution in [3.8, 4) is 0 Å². The van der Waals surface area contributed by atoms with Crippen molar-refractivity contribution in [3.63, 3.8) is 0 Å². The quantitative estimate of drug-likeness (QED) is 0.789. The number of amides is 1. The van der Waals surface area contributed by atoms with Gasteiger partial charge in [-0.25, -0.2) is 4.79 Å². The van der Waals surface area contributed by atoms with Crippen molar-refractivity contribution < 1.29 is 9.53 Å². The van der Waals surface area contributed by atoms with Gasteiger partial charge in [-0.3, -0.25) is 4.90 Å². The molecule has 1 aliphatic rings. The smallest absolute Gasteiger partial charge is 0.414 e. The van der Waals surface area contributed by atoms with Gasteiger partial charge >= 0.3 is 6.09 Å². The van der Waals surface area contributed by atoms with Gasteiger partial charge in [-0.15, -0.1) is 0 Å². The van der Waals surface area contributed by atoms with Gasteiger partial charge in [-0.1, -0.05) is 27.5 Å². The Kier molecular flexibility index (Phi) is 2.65. The number of halogens is 2. The van der Waals surface area contributed by atoms with Gasteiger partial charge in [0, 0.05) is 15.2 Å². The fourth-order valence-electron chi connectivity index (χ4n) is 1.32. The second-order valence-corrected chi connectivity index (χ2v) is 4.25. The molecule has 3 nitrogen and oxygen atoms in total. The van der Waals surface area contributed by atoms with E-state index >= 15 is 0 Å². The fourth-order valence-corrected chi connectivity index (χ4v) is 2.17. The molecular weight excluding hydrogens is 269 g/mol. The molecule has 1 aromatic carbocycles. The van der Waals surface area contributed by atoms with Crippen LogP contribution in [0, 0.1) is 0 Å². The summed E-state index contributed by atoms with van der Waals surface area (Å²) in [5.74, 6) is 0. The summed E-state index contributed by atoms with van der Waals surface area (Å²) >= 11 is 9.18. The third kappa shape index (κ3) is 1.86. The van der Waals surface area contributed by atoms with E-state index in [0.717, 1.165) is 10.2 Å². The van der Waals surface area contributed by atoms with Gasteiger partial charge in [0.2, 0.25) is 0 Å². The second kappa shape index (κ2) is 3.79. The monoisotopic (exact) mass is 275 g/mol.